The zero-order chi connectivity index (χ0) is 19.7. The first-order chi connectivity index (χ1) is 11.2. The van der Waals surface area contributed by atoms with E-state index in [4.69, 9.17) is 4.74 Å². The van der Waals surface area contributed by atoms with Crippen molar-refractivity contribution in [3.63, 3.8) is 0 Å². The summed E-state index contributed by atoms with van der Waals surface area (Å²) in [5, 5.41) is 2.85. The van der Waals surface area contributed by atoms with E-state index in [2.05, 4.69) is 5.32 Å². The Hall–Kier alpha value is -2.12. The number of carbonyl (C=O) groups excluding carboxylic acids is 4. The van der Waals surface area contributed by atoms with Crippen LogP contribution in [0.1, 0.15) is 41.0 Å². The minimum atomic E-state index is -1.35. The standard InChI is InChI=1S/C17H29N3O5/c1-16(2,3)9-17(4,5)18-12(21)10-11(14(23)25-8)19(6)15(24)20(7)13(10)22/h10-11H,9H2,1-8H3,(H,18,21)/t10-,11-/m0/s1. The summed E-state index contributed by atoms with van der Waals surface area (Å²) in [5.41, 5.74) is -0.631. The van der Waals surface area contributed by atoms with Crippen LogP contribution in [0.3, 0.4) is 0 Å². The molecule has 1 heterocycles. The Labute approximate surface area is 148 Å². The van der Waals surface area contributed by atoms with E-state index in [1.165, 1.54) is 14.1 Å². The average Bonchev–Trinajstić information content (AvgIpc) is 2.44. The summed E-state index contributed by atoms with van der Waals surface area (Å²) in [6.07, 6.45) is 0.667. The van der Waals surface area contributed by atoms with Crippen molar-refractivity contribution in [1.82, 2.24) is 15.1 Å². The summed E-state index contributed by atoms with van der Waals surface area (Å²) < 4.78 is 4.70. The van der Waals surface area contributed by atoms with Crippen molar-refractivity contribution in [2.75, 3.05) is 21.2 Å². The third-order valence-electron chi connectivity index (χ3n) is 4.08. The first kappa shape index (κ1) is 20.9. The Bertz CT molecular complexity index is 579. The van der Waals surface area contributed by atoms with Crippen LogP contribution < -0.4 is 5.32 Å². The first-order valence-corrected chi connectivity index (χ1v) is 8.16. The molecular formula is C17H29N3O5. The second-order valence-corrected chi connectivity index (χ2v) is 8.35. The first-order valence-electron chi connectivity index (χ1n) is 8.16. The number of carbonyl (C=O) groups is 4. The number of methoxy groups -OCH3 is 1. The highest BCUT2D eigenvalue weighted by atomic mass is 16.5. The molecule has 0 saturated carbocycles. The quantitative estimate of drug-likeness (QED) is 0.599. The fraction of sp³-hybridized carbons (Fsp3) is 0.765. The Kier molecular flexibility index (Phi) is 5.87. The van der Waals surface area contributed by atoms with Gasteiger partial charge >= 0.3 is 12.0 Å². The Balaban J connectivity index is 3.15. The number of ether oxygens (including phenoxy) is 1. The number of amides is 4. The van der Waals surface area contributed by atoms with Crippen molar-refractivity contribution in [2.45, 2.75) is 52.6 Å². The maximum atomic E-state index is 12.8. The zero-order valence-electron chi connectivity index (χ0n) is 16.3. The molecule has 1 aliphatic rings. The summed E-state index contributed by atoms with van der Waals surface area (Å²) >= 11 is 0. The summed E-state index contributed by atoms with van der Waals surface area (Å²) in [4.78, 5) is 51.5. The van der Waals surface area contributed by atoms with E-state index >= 15 is 0 Å². The number of rotatable bonds is 4. The normalized spacial score (nSPS) is 22.1. The molecule has 0 unspecified atom stereocenters. The van der Waals surface area contributed by atoms with Crippen LogP contribution in [0.25, 0.3) is 0 Å². The van der Waals surface area contributed by atoms with Crippen LogP contribution in [0, 0.1) is 11.3 Å². The molecule has 1 saturated heterocycles. The maximum absolute atomic E-state index is 12.8. The van der Waals surface area contributed by atoms with Crippen LogP contribution in [0.5, 0.6) is 0 Å². The number of hydrogen-bond donors (Lipinski definition) is 1. The SMILES string of the molecule is COC(=O)[C@@H]1[C@@H](C(=O)NC(C)(C)CC(C)(C)C)C(=O)N(C)C(=O)N1C. The van der Waals surface area contributed by atoms with E-state index in [9.17, 15) is 19.2 Å². The summed E-state index contributed by atoms with van der Waals surface area (Å²) in [5.74, 6) is -3.46. The fourth-order valence-electron chi connectivity index (χ4n) is 3.47. The van der Waals surface area contributed by atoms with E-state index in [-0.39, 0.29) is 5.41 Å². The lowest BCUT2D eigenvalue weighted by atomic mass is 9.81. The Morgan fingerprint density at radius 3 is 2.08 bits per heavy atom. The highest BCUT2D eigenvalue weighted by molar-refractivity contribution is 6.12. The van der Waals surface area contributed by atoms with Crippen molar-refractivity contribution in [3.05, 3.63) is 0 Å². The smallest absolute Gasteiger partial charge is 0.330 e. The molecule has 0 spiro atoms. The molecule has 0 radical (unpaired) electrons. The van der Waals surface area contributed by atoms with Gasteiger partial charge in [-0.05, 0) is 25.7 Å². The van der Waals surface area contributed by atoms with Crippen LogP contribution in [0.15, 0.2) is 0 Å². The molecule has 0 bridgehead atoms. The highest BCUT2D eigenvalue weighted by Gasteiger charge is 2.51. The maximum Gasteiger partial charge on any atom is 0.330 e. The number of esters is 1. The van der Waals surface area contributed by atoms with Crippen LogP contribution in [0.4, 0.5) is 4.79 Å². The van der Waals surface area contributed by atoms with E-state index < -0.39 is 41.3 Å². The number of hydrogen-bond acceptors (Lipinski definition) is 5. The van der Waals surface area contributed by atoms with Crippen LogP contribution >= 0.6 is 0 Å². The highest BCUT2D eigenvalue weighted by Crippen LogP contribution is 2.28. The van der Waals surface area contributed by atoms with Gasteiger partial charge < -0.3 is 15.0 Å². The van der Waals surface area contributed by atoms with Gasteiger partial charge in [-0.2, -0.15) is 0 Å². The van der Waals surface area contributed by atoms with Crippen molar-refractivity contribution in [3.8, 4) is 0 Å². The number of likely N-dealkylation sites (N-methyl/N-ethyl adjacent to an activating group) is 1. The van der Waals surface area contributed by atoms with Crippen LogP contribution in [0.2, 0.25) is 0 Å². The molecule has 2 atom stereocenters. The molecule has 8 nitrogen and oxygen atoms in total. The molecular weight excluding hydrogens is 326 g/mol. The van der Waals surface area contributed by atoms with Gasteiger partial charge in [0.2, 0.25) is 11.8 Å². The minimum Gasteiger partial charge on any atom is -0.467 e. The lowest BCUT2D eigenvalue weighted by Gasteiger charge is -2.41. The monoisotopic (exact) mass is 355 g/mol. The van der Waals surface area contributed by atoms with Gasteiger partial charge in [0.1, 0.15) is 5.92 Å². The third kappa shape index (κ3) is 4.70. The van der Waals surface area contributed by atoms with Crippen molar-refractivity contribution in [2.24, 2.45) is 11.3 Å². The van der Waals surface area contributed by atoms with E-state index in [1.54, 1.807) is 0 Å². The molecule has 1 rings (SSSR count). The van der Waals surface area contributed by atoms with Gasteiger partial charge in [0, 0.05) is 19.6 Å². The molecule has 0 aliphatic carbocycles. The third-order valence-corrected chi connectivity index (χ3v) is 4.08. The van der Waals surface area contributed by atoms with E-state index in [1.807, 2.05) is 34.6 Å². The van der Waals surface area contributed by atoms with Gasteiger partial charge in [-0.3, -0.25) is 14.5 Å². The van der Waals surface area contributed by atoms with E-state index in [0.717, 1.165) is 16.9 Å². The minimum absolute atomic E-state index is 0.0430. The largest absolute Gasteiger partial charge is 0.467 e. The van der Waals surface area contributed by atoms with Crippen molar-refractivity contribution >= 4 is 23.8 Å². The van der Waals surface area contributed by atoms with Gasteiger partial charge in [-0.1, -0.05) is 20.8 Å². The average molecular weight is 355 g/mol. The molecule has 1 N–H and O–H groups in total. The molecule has 0 aromatic rings. The van der Waals surface area contributed by atoms with Crippen LogP contribution in [-0.4, -0.2) is 66.4 Å². The zero-order valence-corrected chi connectivity index (χ0v) is 16.3. The van der Waals surface area contributed by atoms with Gasteiger partial charge in [0.15, 0.2) is 6.04 Å². The Morgan fingerprint density at radius 1 is 1.12 bits per heavy atom. The predicted octanol–water partition coefficient (Wildman–Crippen LogP) is 0.999. The molecule has 8 heteroatoms. The van der Waals surface area contributed by atoms with Gasteiger partial charge in [0.25, 0.3) is 0 Å². The van der Waals surface area contributed by atoms with Crippen molar-refractivity contribution in [1.29, 1.82) is 0 Å². The number of imide groups is 1. The summed E-state index contributed by atoms with van der Waals surface area (Å²) in [6.45, 7) is 9.85. The lowest BCUT2D eigenvalue weighted by Crippen LogP contribution is -2.66. The fourth-order valence-corrected chi connectivity index (χ4v) is 3.47. The molecule has 142 valence electrons. The molecule has 0 aromatic heterocycles. The van der Waals surface area contributed by atoms with Gasteiger partial charge in [0.05, 0.1) is 7.11 Å². The molecule has 4 amide bonds. The number of urea groups is 1. The molecule has 0 aromatic carbocycles. The topological polar surface area (TPSA) is 96.0 Å². The second kappa shape index (κ2) is 7.01. The molecule has 1 aliphatic heterocycles. The summed E-state index contributed by atoms with van der Waals surface area (Å²) in [6, 6.07) is -1.94. The van der Waals surface area contributed by atoms with Gasteiger partial charge in [-0.15, -0.1) is 0 Å². The number of nitrogens with zero attached hydrogens (tertiary/aromatic N) is 2. The summed E-state index contributed by atoms with van der Waals surface area (Å²) in [7, 11) is 3.81. The number of nitrogens with one attached hydrogen (secondary N) is 1. The lowest BCUT2D eigenvalue weighted by molar-refractivity contribution is -0.159. The Morgan fingerprint density at radius 2 is 1.64 bits per heavy atom. The van der Waals surface area contributed by atoms with Crippen LogP contribution in [-0.2, 0) is 19.1 Å². The predicted molar refractivity (Wildman–Crippen MR) is 91.5 cm³/mol. The van der Waals surface area contributed by atoms with Gasteiger partial charge in [-0.25, -0.2) is 9.59 Å². The molecule has 1 fully saturated rings. The van der Waals surface area contributed by atoms with Crippen molar-refractivity contribution < 1.29 is 23.9 Å². The van der Waals surface area contributed by atoms with E-state index in [0.29, 0.717) is 6.42 Å². The molecule has 25 heavy (non-hydrogen) atoms. The second-order valence-electron chi connectivity index (χ2n) is 8.35.